The molecular formula is C15H16ClN3O. The van der Waals surface area contributed by atoms with Crippen LogP contribution in [0.5, 0.6) is 0 Å². The minimum atomic E-state index is 0.0227. The summed E-state index contributed by atoms with van der Waals surface area (Å²) < 4.78 is 0. The second-order valence-corrected chi connectivity index (χ2v) is 5.49. The molecule has 1 amide bonds. The van der Waals surface area contributed by atoms with Gasteiger partial charge in [0.15, 0.2) is 0 Å². The van der Waals surface area contributed by atoms with Gasteiger partial charge in [-0.2, -0.15) is 0 Å². The molecule has 0 saturated carbocycles. The molecule has 4 nitrogen and oxygen atoms in total. The maximum atomic E-state index is 12.7. The maximum Gasteiger partial charge on any atom is 0.254 e. The van der Waals surface area contributed by atoms with Gasteiger partial charge < -0.3 is 9.88 Å². The van der Waals surface area contributed by atoms with Crippen LogP contribution in [0.25, 0.3) is 0 Å². The number of carbonyl (C=O) groups excluding carboxylic acids is 1. The van der Waals surface area contributed by atoms with Crippen LogP contribution < -0.4 is 0 Å². The SMILES string of the molecule is Cc1cc(C(=O)N2CCCC2c2ccc[nH]2)cc(Cl)n1. The van der Waals surface area contributed by atoms with Crippen LogP contribution in [0, 0.1) is 6.92 Å². The van der Waals surface area contributed by atoms with Gasteiger partial charge in [0.2, 0.25) is 0 Å². The summed E-state index contributed by atoms with van der Waals surface area (Å²) in [6, 6.07) is 7.55. The molecule has 1 aliphatic rings. The highest BCUT2D eigenvalue weighted by Gasteiger charge is 2.31. The van der Waals surface area contributed by atoms with Crippen molar-refractivity contribution >= 4 is 17.5 Å². The molecule has 3 rings (SSSR count). The lowest BCUT2D eigenvalue weighted by molar-refractivity contribution is 0.0733. The summed E-state index contributed by atoms with van der Waals surface area (Å²) in [4.78, 5) is 21.9. The molecule has 0 spiro atoms. The Kier molecular flexibility index (Phi) is 3.49. The van der Waals surface area contributed by atoms with Gasteiger partial charge in [-0.25, -0.2) is 4.98 Å². The summed E-state index contributed by atoms with van der Waals surface area (Å²) in [5.41, 5.74) is 2.46. The van der Waals surface area contributed by atoms with E-state index < -0.39 is 0 Å². The number of H-pyrrole nitrogens is 1. The average Bonchev–Trinajstić information content (AvgIpc) is 3.07. The lowest BCUT2D eigenvalue weighted by atomic mass is 10.1. The average molecular weight is 290 g/mol. The number of likely N-dealkylation sites (tertiary alicyclic amines) is 1. The molecule has 1 aliphatic heterocycles. The molecule has 1 N–H and O–H groups in total. The Labute approximate surface area is 122 Å². The third-order valence-corrected chi connectivity index (χ3v) is 3.86. The fraction of sp³-hybridized carbons (Fsp3) is 0.333. The van der Waals surface area contributed by atoms with Crippen molar-refractivity contribution in [2.45, 2.75) is 25.8 Å². The van der Waals surface area contributed by atoms with Crippen molar-refractivity contribution < 1.29 is 4.79 Å². The number of nitrogens with zero attached hydrogens (tertiary/aromatic N) is 2. The van der Waals surface area contributed by atoms with Gasteiger partial charge in [-0.1, -0.05) is 11.6 Å². The van der Waals surface area contributed by atoms with Crippen LogP contribution in [0.1, 0.15) is 40.6 Å². The van der Waals surface area contributed by atoms with Crippen molar-refractivity contribution in [3.05, 3.63) is 52.6 Å². The number of aromatic nitrogens is 2. The number of rotatable bonds is 2. The second-order valence-electron chi connectivity index (χ2n) is 5.10. The smallest absolute Gasteiger partial charge is 0.254 e. The standard InChI is InChI=1S/C15H16ClN3O/c1-10-8-11(9-14(16)18-10)15(20)19-7-3-5-13(19)12-4-2-6-17-12/h2,4,6,8-9,13,17H,3,5,7H2,1H3. The van der Waals surface area contributed by atoms with Gasteiger partial charge in [0.25, 0.3) is 5.91 Å². The quantitative estimate of drug-likeness (QED) is 0.862. The van der Waals surface area contributed by atoms with Crippen LogP contribution in [0.3, 0.4) is 0 Å². The molecule has 104 valence electrons. The lowest BCUT2D eigenvalue weighted by Crippen LogP contribution is -2.30. The Morgan fingerprint density at radius 2 is 2.35 bits per heavy atom. The molecule has 0 aliphatic carbocycles. The van der Waals surface area contributed by atoms with Crippen molar-refractivity contribution in [3.63, 3.8) is 0 Å². The lowest BCUT2D eigenvalue weighted by Gasteiger charge is -2.24. The molecule has 0 bridgehead atoms. The first-order valence-corrected chi connectivity index (χ1v) is 7.11. The van der Waals surface area contributed by atoms with Crippen molar-refractivity contribution in [1.82, 2.24) is 14.9 Å². The summed E-state index contributed by atoms with van der Waals surface area (Å²) >= 11 is 5.95. The molecule has 2 aromatic rings. The highest BCUT2D eigenvalue weighted by Crippen LogP contribution is 2.32. The maximum absolute atomic E-state index is 12.7. The third kappa shape index (κ3) is 2.43. The minimum absolute atomic E-state index is 0.0227. The number of aryl methyl sites for hydroxylation is 1. The molecule has 0 aromatic carbocycles. The van der Waals surface area contributed by atoms with Gasteiger partial charge in [0.05, 0.1) is 6.04 Å². The van der Waals surface area contributed by atoms with Crippen LogP contribution >= 0.6 is 11.6 Å². The minimum Gasteiger partial charge on any atom is -0.363 e. The predicted octanol–water partition coefficient (Wildman–Crippen LogP) is 3.35. The number of carbonyl (C=O) groups is 1. The van der Waals surface area contributed by atoms with Gasteiger partial charge in [0.1, 0.15) is 5.15 Å². The van der Waals surface area contributed by atoms with E-state index in [4.69, 9.17) is 11.6 Å². The number of hydrogen-bond acceptors (Lipinski definition) is 2. The van der Waals surface area contributed by atoms with E-state index in [0.29, 0.717) is 10.7 Å². The van der Waals surface area contributed by atoms with Gasteiger partial charge in [-0.05, 0) is 44.0 Å². The van der Waals surface area contributed by atoms with Crippen LogP contribution in [0.2, 0.25) is 5.15 Å². The number of nitrogens with one attached hydrogen (secondary N) is 1. The molecule has 1 unspecified atom stereocenters. The van der Waals surface area contributed by atoms with Crippen LogP contribution in [0.15, 0.2) is 30.5 Å². The van der Waals surface area contributed by atoms with E-state index in [1.165, 1.54) is 0 Å². The summed E-state index contributed by atoms with van der Waals surface area (Å²) in [6.45, 7) is 2.62. The van der Waals surface area contributed by atoms with E-state index in [9.17, 15) is 4.79 Å². The Hall–Kier alpha value is -1.81. The monoisotopic (exact) mass is 289 g/mol. The topological polar surface area (TPSA) is 49.0 Å². The van der Waals surface area contributed by atoms with Gasteiger partial charge >= 0.3 is 0 Å². The van der Waals surface area contributed by atoms with Crippen molar-refractivity contribution in [3.8, 4) is 0 Å². The fourth-order valence-electron chi connectivity index (χ4n) is 2.80. The van der Waals surface area contributed by atoms with E-state index in [2.05, 4.69) is 9.97 Å². The van der Waals surface area contributed by atoms with Crippen LogP contribution in [0.4, 0.5) is 0 Å². The van der Waals surface area contributed by atoms with Gasteiger partial charge in [-0.15, -0.1) is 0 Å². The highest BCUT2D eigenvalue weighted by molar-refractivity contribution is 6.29. The fourth-order valence-corrected chi connectivity index (χ4v) is 3.05. The van der Waals surface area contributed by atoms with Crippen molar-refractivity contribution in [1.29, 1.82) is 0 Å². The first-order valence-electron chi connectivity index (χ1n) is 6.73. The summed E-state index contributed by atoms with van der Waals surface area (Å²) in [7, 11) is 0. The molecular weight excluding hydrogens is 274 g/mol. The molecule has 2 aromatic heterocycles. The molecule has 5 heteroatoms. The van der Waals surface area contributed by atoms with E-state index in [1.54, 1.807) is 12.1 Å². The van der Waals surface area contributed by atoms with E-state index in [-0.39, 0.29) is 11.9 Å². The third-order valence-electron chi connectivity index (χ3n) is 3.66. The van der Waals surface area contributed by atoms with Crippen molar-refractivity contribution in [2.24, 2.45) is 0 Å². The summed E-state index contributed by atoms with van der Waals surface area (Å²) in [5, 5.41) is 0.365. The predicted molar refractivity (Wildman–Crippen MR) is 77.8 cm³/mol. The largest absolute Gasteiger partial charge is 0.363 e. The van der Waals surface area contributed by atoms with Crippen LogP contribution in [-0.2, 0) is 0 Å². The van der Waals surface area contributed by atoms with E-state index in [0.717, 1.165) is 30.8 Å². The molecule has 0 radical (unpaired) electrons. The first kappa shape index (κ1) is 13.2. The molecule has 1 fully saturated rings. The number of pyridine rings is 1. The molecule has 3 heterocycles. The zero-order valence-electron chi connectivity index (χ0n) is 11.3. The van der Waals surface area contributed by atoms with Crippen LogP contribution in [-0.4, -0.2) is 27.3 Å². The van der Waals surface area contributed by atoms with Crippen molar-refractivity contribution in [2.75, 3.05) is 6.54 Å². The number of halogens is 1. The summed E-state index contributed by atoms with van der Waals surface area (Å²) in [6.07, 6.45) is 3.90. The zero-order chi connectivity index (χ0) is 14.1. The Morgan fingerprint density at radius 3 is 3.05 bits per heavy atom. The molecule has 1 atom stereocenters. The molecule has 1 saturated heterocycles. The number of amides is 1. The summed E-state index contributed by atoms with van der Waals surface area (Å²) in [5.74, 6) is 0.0227. The van der Waals surface area contributed by atoms with E-state index in [1.807, 2.05) is 30.2 Å². The van der Waals surface area contributed by atoms with E-state index >= 15 is 0 Å². The number of aromatic amines is 1. The first-order chi connectivity index (χ1) is 9.65. The Morgan fingerprint density at radius 1 is 1.50 bits per heavy atom. The Bertz CT molecular complexity index is 604. The number of hydrogen-bond donors (Lipinski definition) is 1. The highest BCUT2D eigenvalue weighted by atomic mass is 35.5. The second kappa shape index (κ2) is 5.29. The van der Waals surface area contributed by atoms with Gasteiger partial charge in [-0.3, -0.25) is 4.79 Å². The van der Waals surface area contributed by atoms with Gasteiger partial charge in [0, 0.05) is 29.7 Å². The Balaban J connectivity index is 1.89. The zero-order valence-corrected chi connectivity index (χ0v) is 12.0. The molecule has 20 heavy (non-hydrogen) atoms. The normalized spacial score (nSPS) is 18.5.